The maximum Gasteiger partial charge on any atom is 0.0698 e. The molecule has 0 fully saturated rings. The summed E-state index contributed by atoms with van der Waals surface area (Å²) in [6.45, 7) is 17.5. The van der Waals surface area contributed by atoms with Crippen LogP contribution in [-0.2, 0) is 12.8 Å². The maximum atomic E-state index is 4.53. The fourth-order valence-corrected chi connectivity index (χ4v) is 3.80. The molecule has 0 bridgehead atoms. The van der Waals surface area contributed by atoms with Crippen LogP contribution < -0.4 is 5.32 Å². The van der Waals surface area contributed by atoms with Gasteiger partial charge in [0.1, 0.15) is 0 Å². The summed E-state index contributed by atoms with van der Waals surface area (Å²) in [5, 5.41) is 3.81. The van der Waals surface area contributed by atoms with Crippen molar-refractivity contribution in [2.75, 3.05) is 5.32 Å². The molecule has 1 atom stereocenters. The molecule has 1 heterocycles. The molecule has 0 saturated carbocycles. The first-order valence-corrected chi connectivity index (χ1v) is 12.3. The van der Waals surface area contributed by atoms with Gasteiger partial charge in [0, 0.05) is 17.6 Å². The fourth-order valence-electron chi connectivity index (χ4n) is 3.80. The summed E-state index contributed by atoms with van der Waals surface area (Å²) in [6, 6.07) is 10.8. The number of aromatic nitrogens is 1. The van der Waals surface area contributed by atoms with Crippen LogP contribution in [0.3, 0.4) is 0 Å². The molecule has 2 nitrogen and oxygen atoms in total. The van der Waals surface area contributed by atoms with E-state index in [-0.39, 0.29) is 0 Å². The van der Waals surface area contributed by atoms with E-state index in [1.54, 1.807) is 0 Å². The van der Waals surface area contributed by atoms with E-state index >= 15 is 0 Å². The summed E-state index contributed by atoms with van der Waals surface area (Å²) < 4.78 is 0. The molecule has 0 unspecified atom stereocenters. The third-order valence-corrected chi connectivity index (χ3v) is 6.32. The Balaban J connectivity index is 2.32. The highest BCUT2D eigenvalue weighted by Crippen LogP contribution is 2.27. The SMILES string of the molecule is C=C(/C(C)=C\C=C(\Nc1cccc(CC)c1CCCCC)[C@H](C)CC)c1ccc(C)cn1. The first-order chi connectivity index (χ1) is 15.4. The van der Waals surface area contributed by atoms with Gasteiger partial charge in [0.2, 0.25) is 0 Å². The summed E-state index contributed by atoms with van der Waals surface area (Å²) in [4.78, 5) is 4.53. The van der Waals surface area contributed by atoms with Gasteiger partial charge in [-0.1, -0.05) is 71.4 Å². The molecule has 0 saturated heterocycles. The zero-order valence-electron chi connectivity index (χ0n) is 21.1. The van der Waals surface area contributed by atoms with Crippen molar-refractivity contribution in [3.05, 3.63) is 88.9 Å². The second kappa shape index (κ2) is 13.1. The van der Waals surface area contributed by atoms with E-state index < -0.39 is 0 Å². The number of hydrogen-bond donors (Lipinski definition) is 1. The smallest absolute Gasteiger partial charge is 0.0698 e. The van der Waals surface area contributed by atoms with E-state index in [1.807, 2.05) is 12.3 Å². The van der Waals surface area contributed by atoms with Crippen LogP contribution in [0.4, 0.5) is 5.69 Å². The van der Waals surface area contributed by atoms with Crippen LogP contribution in [0.1, 0.15) is 82.7 Å². The van der Waals surface area contributed by atoms with Crippen LogP contribution >= 0.6 is 0 Å². The molecule has 2 rings (SSSR count). The van der Waals surface area contributed by atoms with Gasteiger partial charge in [-0.2, -0.15) is 0 Å². The number of benzene rings is 1. The highest BCUT2D eigenvalue weighted by Gasteiger charge is 2.12. The molecule has 0 amide bonds. The predicted molar refractivity (Wildman–Crippen MR) is 142 cm³/mol. The van der Waals surface area contributed by atoms with E-state index in [9.17, 15) is 0 Å². The lowest BCUT2D eigenvalue weighted by Crippen LogP contribution is -2.11. The van der Waals surface area contributed by atoms with Crippen molar-refractivity contribution < 1.29 is 0 Å². The lowest BCUT2D eigenvalue weighted by Gasteiger charge is -2.21. The molecule has 172 valence electrons. The highest BCUT2D eigenvalue weighted by molar-refractivity contribution is 5.75. The Morgan fingerprint density at radius 3 is 2.50 bits per heavy atom. The van der Waals surface area contributed by atoms with Gasteiger partial charge in [-0.15, -0.1) is 0 Å². The number of aryl methyl sites for hydroxylation is 2. The van der Waals surface area contributed by atoms with E-state index in [1.165, 1.54) is 41.8 Å². The number of hydrogen-bond acceptors (Lipinski definition) is 2. The Morgan fingerprint density at radius 2 is 1.88 bits per heavy atom. The molecule has 0 aliphatic heterocycles. The topological polar surface area (TPSA) is 24.9 Å². The minimum absolute atomic E-state index is 0.443. The Bertz CT molecular complexity index is 932. The van der Waals surface area contributed by atoms with Crippen LogP contribution in [0.2, 0.25) is 0 Å². The number of rotatable bonds is 12. The van der Waals surface area contributed by atoms with Crippen molar-refractivity contribution in [2.45, 2.75) is 80.1 Å². The van der Waals surface area contributed by atoms with Gasteiger partial charge in [0.15, 0.2) is 0 Å². The predicted octanol–water partition coefficient (Wildman–Crippen LogP) is 8.69. The maximum absolute atomic E-state index is 4.53. The van der Waals surface area contributed by atoms with Gasteiger partial charge in [-0.25, -0.2) is 0 Å². The normalized spacial score (nSPS) is 13.2. The van der Waals surface area contributed by atoms with Crippen molar-refractivity contribution in [1.82, 2.24) is 4.98 Å². The first-order valence-electron chi connectivity index (χ1n) is 12.3. The Labute approximate surface area is 196 Å². The second-order valence-electron chi connectivity index (χ2n) is 8.86. The van der Waals surface area contributed by atoms with Crippen LogP contribution in [0.5, 0.6) is 0 Å². The average molecular weight is 431 g/mol. The lowest BCUT2D eigenvalue weighted by atomic mass is 9.96. The number of unbranched alkanes of at least 4 members (excludes halogenated alkanes) is 2. The third kappa shape index (κ3) is 7.22. The van der Waals surface area contributed by atoms with E-state index in [4.69, 9.17) is 0 Å². The van der Waals surface area contributed by atoms with Crippen LogP contribution in [0, 0.1) is 12.8 Å². The summed E-state index contributed by atoms with van der Waals surface area (Å²) >= 11 is 0. The summed E-state index contributed by atoms with van der Waals surface area (Å²) in [6.07, 6.45) is 13.4. The van der Waals surface area contributed by atoms with E-state index in [0.29, 0.717) is 5.92 Å². The molecule has 1 N–H and O–H groups in total. The molecule has 1 aromatic carbocycles. The number of nitrogens with one attached hydrogen (secondary N) is 1. The monoisotopic (exact) mass is 430 g/mol. The minimum Gasteiger partial charge on any atom is -0.358 e. The Kier molecular flexibility index (Phi) is 10.5. The van der Waals surface area contributed by atoms with Crippen LogP contribution in [-0.4, -0.2) is 4.98 Å². The number of allylic oxidation sites excluding steroid dienone is 5. The Morgan fingerprint density at radius 1 is 1.09 bits per heavy atom. The van der Waals surface area contributed by atoms with Gasteiger partial charge >= 0.3 is 0 Å². The molecule has 0 radical (unpaired) electrons. The Hall–Kier alpha value is -2.61. The fraction of sp³-hybridized carbons (Fsp3) is 0.433. The summed E-state index contributed by atoms with van der Waals surface area (Å²) in [7, 11) is 0. The summed E-state index contributed by atoms with van der Waals surface area (Å²) in [5.74, 6) is 0.443. The summed E-state index contributed by atoms with van der Waals surface area (Å²) in [5.41, 5.74) is 9.65. The highest BCUT2D eigenvalue weighted by atomic mass is 14.9. The largest absolute Gasteiger partial charge is 0.358 e. The molecule has 0 spiro atoms. The first kappa shape index (κ1) is 25.6. The molecule has 2 aromatic rings. The van der Waals surface area contributed by atoms with Gasteiger partial charge in [0.25, 0.3) is 0 Å². The lowest BCUT2D eigenvalue weighted by molar-refractivity contribution is 0.658. The number of nitrogens with zero attached hydrogens (tertiary/aromatic N) is 1. The van der Waals surface area contributed by atoms with Crippen LogP contribution in [0.25, 0.3) is 5.57 Å². The zero-order chi connectivity index (χ0) is 23.5. The molecule has 0 aliphatic carbocycles. The van der Waals surface area contributed by atoms with Crippen molar-refractivity contribution in [3.8, 4) is 0 Å². The van der Waals surface area contributed by atoms with Gasteiger partial charge < -0.3 is 5.32 Å². The molecule has 1 aromatic heterocycles. The molecule has 2 heteroatoms. The second-order valence-corrected chi connectivity index (χ2v) is 8.86. The third-order valence-electron chi connectivity index (χ3n) is 6.32. The zero-order valence-corrected chi connectivity index (χ0v) is 21.1. The number of pyridine rings is 1. The average Bonchev–Trinajstić information content (AvgIpc) is 2.81. The van der Waals surface area contributed by atoms with Crippen molar-refractivity contribution >= 4 is 11.3 Å². The molecule has 0 aliphatic rings. The van der Waals surface area contributed by atoms with E-state index in [0.717, 1.165) is 41.7 Å². The van der Waals surface area contributed by atoms with Gasteiger partial charge in [-0.05, 0) is 91.5 Å². The van der Waals surface area contributed by atoms with Gasteiger partial charge in [-0.3, -0.25) is 4.98 Å². The molecular formula is C30H42N2. The standard InChI is InChI=1S/C30H42N2/c1-8-11-12-15-27-26(10-3)14-13-16-30(27)32-28(23(5)9-2)20-18-24(6)25(7)29-19-17-22(4)21-31-29/h13-14,16-21,23,32H,7-12,15H2,1-6H3/b24-18-,28-20+/t23-/m1/s1. The molecule has 32 heavy (non-hydrogen) atoms. The minimum atomic E-state index is 0.443. The van der Waals surface area contributed by atoms with Crippen LogP contribution in [0.15, 0.2) is 66.5 Å². The van der Waals surface area contributed by atoms with Crippen molar-refractivity contribution in [1.29, 1.82) is 0 Å². The molecular weight excluding hydrogens is 388 g/mol. The van der Waals surface area contributed by atoms with E-state index in [2.05, 4.69) is 94.8 Å². The van der Waals surface area contributed by atoms with Gasteiger partial charge in [0.05, 0.1) is 5.69 Å². The quantitative estimate of drug-likeness (QED) is 0.269. The van der Waals surface area contributed by atoms with Crippen molar-refractivity contribution in [2.24, 2.45) is 5.92 Å². The number of anilines is 1. The van der Waals surface area contributed by atoms with Crippen molar-refractivity contribution in [3.63, 3.8) is 0 Å².